The number of aromatic amines is 1. The molecule has 0 aliphatic rings. The van der Waals surface area contributed by atoms with Gasteiger partial charge in [0.1, 0.15) is 0 Å². The van der Waals surface area contributed by atoms with Crippen LogP contribution in [0.25, 0.3) is 0 Å². The normalized spacial score (nSPS) is 12.3. The van der Waals surface area contributed by atoms with Gasteiger partial charge in [0, 0.05) is 15.6 Å². The highest BCUT2D eigenvalue weighted by Crippen LogP contribution is 2.20. The Balaban J connectivity index is 2.07. The van der Waals surface area contributed by atoms with Crippen molar-refractivity contribution < 1.29 is 4.79 Å². The molecule has 2 rings (SSSR count). The Morgan fingerprint density at radius 3 is 2.45 bits per heavy atom. The molecule has 2 aromatic rings. The van der Waals surface area contributed by atoms with Crippen LogP contribution in [0, 0.1) is 0 Å². The van der Waals surface area contributed by atoms with Crippen molar-refractivity contribution in [3.63, 3.8) is 0 Å². The number of amides is 1. The molecule has 0 atom stereocenters. The Kier molecular flexibility index (Phi) is 4.81. The van der Waals surface area contributed by atoms with Gasteiger partial charge >= 0.3 is 0 Å². The van der Waals surface area contributed by atoms with Crippen molar-refractivity contribution in [2.45, 2.75) is 33.1 Å². The molecule has 0 unspecified atom stereocenters. The minimum Gasteiger partial charge on any atom is -0.281 e. The van der Waals surface area contributed by atoms with Crippen LogP contribution in [-0.2, 0) is 5.41 Å². The van der Waals surface area contributed by atoms with E-state index in [2.05, 4.69) is 57.4 Å². The first kappa shape index (κ1) is 16.4. The van der Waals surface area contributed by atoms with E-state index in [4.69, 9.17) is 0 Å². The molecule has 0 aliphatic carbocycles. The number of halogens is 1. The fourth-order valence-corrected chi connectivity index (χ4v) is 2.03. The van der Waals surface area contributed by atoms with E-state index in [-0.39, 0.29) is 11.3 Å². The van der Waals surface area contributed by atoms with E-state index >= 15 is 0 Å². The molecule has 22 heavy (non-hydrogen) atoms. The van der Waals surface area contributed by atoms with Crippen molar-refractivity contribution in [2.75, 3.05) is 0 Å². The third kappa shape index (κ3) is 4.04. The van der Waals surface area contributed by atoms with Crippen LogP contribution >= 0.6 is 15.9 Å². The zero-order valence-electron chi connectivity index (χ0n) is 13.1. The number of benzene rings is 1. The average Bonchev–Trinajstić information content (AvgIpc) is 2.95. The van der Waals surface area contributed by atoms with Gasteiger partial charge in [-0.15, -0.1) is 0 Å². The first-order chi connectivity index (χ1) is 10.3. The fraction of sp³-hybridized carbons (Fsp3) is 0.312. The second kappa shape index (κ2) is 6.44. The maximum Gasteiger partial charge on any atom is 0.291 e. The van der Waals surface area contributed by atoms with E-state index in [1.807, 2.05) is 31.2 Å². The Labute approximate surface area is 138 Å². The summed E-state index contributed by atoms with van der Waals surface area (Å²) in [5.74, 6) is -0.330. The molecule has 0 aliphatic heterocycles. The van der Waals surface area contributed by atoms with Gasteiger partial charge in [0.2, 0.25) is 0 Å². The predicted octanol–water partition coefficient (Wildman–Crippen LogP) is 3.62. The van der Waals surface area contributed by atoms with Gasteiger partial charge < -0.3 is 0 Å². The summed E-state index contributed by atoms with van der Waals surface area (Å²) < 4.78 is 0.999. The molecule has 0 bridgehead atoms. The van der Waals surface area contributed by atoms with E-state index in [0.717, 1.165) is 21.4 Å². The van der Waals surface area contributed by atoms with Gasteiger partial charge in [-0.2, -0.15) is 10.2 Å². The summed E-state index contributed by atoms with van der Waals surface area (Å²) in [5, 5.41) is 11.0. The van der Waals surface area contributed by atoms with Crippen LogP contribution in [0.4, 0.5) is 0 Å². The average molecular weight is 363 g/mol. The monoisotopic (exact) mass is 362 g/mol. The van der Waals surface area contributed by atoms with Gasteiger partial charge in [-0.3, -0.25) is 9.89 Å². The molecule has 0 radical (unpaired) electrons. The van der Waals surface area contributed by atoms with Gasteiger partial charge in [0.25, 0.3) is 5.91 Å². The topological polar surface area (TPSA) is 70.1 Å². The first-order valence-corrected chi connectivity index (χ1v) is 7.73. The van der Waals surface area contributed by atoms with E-state index < -0.39 is 0 Å². The lowest BCUT2D eigenvalue weighted by atomic mass is 9.92. The number of aromatic nitrogens is 2. The van der Waals surface area contributed by atoms with Crippen LogP contribution in [-0.4, -0.2) is 21.8 Å². The Hall–Kier alpha value is -1.95. The molecule has 6 heteroatoms. The third-order valence-corrected chi connectivity index (χ3v) is 3.73. The summed E-state index contributed by atoms with van der Waals surface area (Å²) in [7, 11) is 0. The number of H-pyrrole nitrogens is 1. The quantitative estimate of drug-likeness (QED) is 0.646. The third-order valence-electron chi connectivity index (χ3n) is 3.21. The highest BCUT2D eigenvalue weighted by atomic mass is 79.9. The molecule has 116 valence electrons. The standard InChI is InChI=1S/C16H19BrN4O/c1-10(11-5-7-12(17)8-6-11)18-21-15(22)13-9-14(20-19-13)16(2,3)4/h5-9H,1-4H3,(H,19,20)(H,21,22). The lowest BCUT2D eigenvalue weighted by Gasteiger charge is -2.14. The van der Waals surface area contributed by atoms with Crippen LogP contribution in [0.3, 0.4) is 0 Å². The van der Waals surface area contributed by atoms with Crippen LogP contribution < -0.4 is 5.43 Å². The lowest BCUT2D eigenvalue weighted by molar-refractivity contribution is 0.0950. The van der Waals surface area contributed by atoms with E-state index in [1.54, 1.807) is 6.07 Å². The maximum absolute atomic E-state index is 12.1. The first-order valence-electron chi connectivity index (χ1n) is 6.94. The highest BCUT2D eigenvalue weighted by molar-refractivity contribution is 9.10. The highest BCUT2D eigenvalue weighted by Gasteiger charge is 2.19. The van der Waals surface area contributed by atoms with Crippen molar-refractivity contribution in [1.29, 1.82) is 0 Å². The molecule has 0 saturated carbocycles. The summed E-state index contributed by atoms with van der Waals surface area (Å²) in [4.78, 5) is 12.1. The molecule has 0 fully saturated rings. The van der Waals surface area contributed by atoms with E-state index in [1.165, 1.54) is 0 Å². The molecular weight excluding hydrogens is 344 g/mol. The molecule has 0 spiro atoms. The zero-order chi connectivity index (χ0) is 16.3. The van der Waals surface area contributed by atoms with Crippen LogP contribution in [0.15, 0.2) is 39.9 Å². The predicted molar refractivity (Wildman–Crippen MR) is 91.1 cm³/mol. The number of carbonyl (C=O) groups excluding carboxylic acids is 1. The Morgan fingerprint density at radius 2 is 1.91 bits per heavy atom. The SMILES string of the molecule is CC(=NNC(=O)c1cc(C(C)(C)C)[nH]n1)c1ccc(Br)cc1. The summed E-state index contributed by atoms with van der Waals surface area (Å²) in [5.41, 5.74) is 5.36. The smallest absolute Gasteiger partial charge is 0.281 e. The van der Waals surface area contributed by atoms with Crippen molar-refractivity contribution >= 4 is 27.5 Å². The second-order valence-electron chi connectivity index (χ2n) is 6.06. The Morgan fingerprint density at radius 1 is 1.27 bits per heavy atom. The molecule has 1 aromatic heterocycles. The van der Waals surface area contributed by atoms with Crippen molar-refractivity contribution in [1.82, 2.24) is 15.6 Å². The number of hydrogen-bond acceptors (Lipinski definition) is 3. The minimum absolute atomic E-state index is 0.0812. The van der Waals surface area contributed by atoms with Crippen LogP contribution in [0.2, 0.25) is 0 Å². The molecule has 1 heterocycles. The number of nitrogens with one attached hydrogen (secondary N) is 2. The molecule has 1 amide bonds. The number of rotatable bonds is 3. The fourth-order valence-electron chi connectivity index (χ4n) is 1.77. The van der Waals surface area contributed by atoms with E-state index in [0.29, 0.717) is 5.69 Å². The van der Waals surface area contributed by atoms with Gasteiger partial charge in [-0.1, -0.05) is 48.8 Å². The molecule has 5 nitrogen and oxygen atoms in total. The van der Waals surface area contributed by atoms with Crippen molar-refractivity contribution in [2.24, 2.45) is 5.10 Å². The van der Waals surface area contributed by atoms with Gasteiger partial charge in [-0.25, -0.2) is 5.43 Å². The van der Waals surface area contributed by atoms with E-state index in [9.17, 15) is 4.79 Å². The van der Waals surface area contributed by atoms with Crippen LogP contribution in [0.5, 0.6) is 0 Å². The van der Waals surface area contributed by atoms with Crippen molar-refractivity contribution in [3.8, 4) is 0 Å². The molecular formula is C16H19BrN4O. The summed E-state index contributed by atoms with van der Waals surface area (Å²) in [6.07, 6.45) is 0. The van der Waals surface area contributed by atoms with Crippen LogP contribution in [0.1, 0.15) is 49.4 Å². The maximum atomic E-state index is 12.1. The van der Waals surface area contributed by atoms with Gasteiger partial charge in [0.05, 0.1) is 5.71 Å². The number of carbonyl (C=O) groups is 1. The second-order valence-corrected chi connectivity index (χ2v) is 6.98. The summed E-state index contributed by atoms with van der Waals surface area (Å²) in [6.45, 7) is 8.00. The zero-order valence-corrected chi connectivity index (χ0v) is 14.7. The molecule has 1 aromatic carbocycles. The number of nitrogens with zero attached hydrogens (tertiary/aromatic N) is 2. The number of hydrazone groups is 1. The summed E-state index contributed by atoms with van der Waals surface area (Å²) >= 11 is 3.38. The van der Waals surface area contributed by atoms with Crippen molar-refractivity contribution in [3.05, 3.63) is 51.8 Å². The van der Waals surface area contributed by atoms with Gasteiger partial charge in [-0.05, 0) is 30.7 Å². The number of hydrogen-bond donors (Lipinski definition) is 2. The largest absolute Gasteiger partial charge is 0.291 e. The van der Waals surface area contributed by atoms with Gasteiger partial charge in [0.15, 0.2) is 5.69 Å². The minimum atomic E-state index is -0.330. The summed E-state index contributed by atoms with van der Waals surface area (Å²) in [6, 6.07) is 9.47. The molecule has 2 N–H and O–H groups in total. The molecule has 0 saturated heterocycles. The Bertz CT molecular complexity index is 696. The lowest BCUT2D eigenvalue weighted by Crippen LogP contribution is -2.19.